The van der Waals surface area contributed by atoms with E-state index in [4.69, 9.17) is 14.2 Å². The van der Waals surface area contributed by atoms with Gasteiger partial charge < -0.3 is 19.2 Å². The molecule has 0 aliphatic heterocycles. The van der Waals surface area contributed by atoms with Gasteiger partial charge in [0.15, 0.2) is 11.5 Å². The molecule has 0 amide bonds. The number of hydrogen-bond donors (Lipinski definition) is 1. The quantitative estimate of drug-likeness (QED) is 0.619. The van der Waals surface area contributed by atoms with E-state index < -0.39 is 11.2 Å². The first-order valence-corrected chi connectivity index (χ1v) is 9.19. The number of benzene rings is 2. The standard InChI is InChI=1S/C21H23N3O5/c1-5-13(2)29-19-17(27-3)10-14(11-18(19)28-4)12-22-24-20(25)15-8-6-7-9-16(15)23-21(24)26/h6-13H,5H2,1-4H3,(H,23,26)/t13-/m1/s1. The number of hydrogen-bond acceptors (Lipinski definition) is 6. The van der Waals surface area contributed by atoms with Crippen LogP contribution in [0, 0.1) is 0 Å². The van der Waals surface area contributed by atoms with Crippen LogP contribution in [0.4, 0.5) is 0 Å². The largest absolute Gasteiger partial charge is 0.493 e. The molecule has 0 radical (unpaired) electrons. The zero-order chi connectivity index (χ0) is 21.0. The number of nitrogens with one attached hydrogen (secondary N) is 1. The van der Waals surface area contributed by atoms with Crippen molar-refractivity contribution in [1.82, 2.24) is 9.66 Å². The third-order valence-corrected chi connectivity index (χ3v) is 4.48. The van der Waals surface area contributed by atoms with E-state index in [2.05, 4.69) is 10.1 Å². The summed E-state index contributed by atoms with van der Waals surface area (Å²) in [6.45, 7) is 3.97. The topological polar surface area (TPSA) is 94.9 Å². The number of para-hydroxylation sites is 1. The van der Waals surface area contributed by atoms with Crippen LogP contribution in [-0.2, 0) is 0 Å². The van der Waals surface area contributed by atoms with Gasteiger partial charge in [-0.2, -0.15) is 5.10 Å². The number of nitrogens with zero attached hydrogens (tertiary/aromatic N) is 2. The van der Waals surface area contributed by atoms with Crippen LogP contribution in [0.3, 0.4) is 0 Å². The summed E-state index contributed by atoms with van der Waals surface area (Å²) in [5, 5.41) is 4.44. The fraction of sp³-hybridized carbons (Fsp3) is 0.286. The Morgan fingerprint density at radius 3 is 2.41 bits per heavy atom. The van der Waals surface area contributed by atoms with Gasteiger partial charge in [0.2, 0.25) is 5.75 Å². The van der Waals surface area contributed by atoms with E-state index >= 15 is 0 Å². The maximum Gasteiger partial charge on any atom is 0.349 e. The lowest BCUT2D eigenvalue weighted by molar-refractivity contribution is 0.198. The number of aromatic amines is 1. The van der Waals surface area contributed by atoms with E-state index in [0.717, 1.165) is 11.1 Å². The first-order chi connectivity index (χ1) is 14.0. The highest BCUT2D eigenvalue weighted by molar-refractivity contribution is 5.82. The number of H-pyrrole nitrogens is 1. The van der Waals surface area contributed by atoms with Crippen LogP contribution in [0.2, 0.25) is 0 Å². The molecule has 0 saturated heterocycles. The second-order valence-electron chi connectivity index (χ2n) is 6.43. The van der Waals surface area contributed by atoms with E-state index in [1.807, 2.05) is 13.8 Å². The molecular formula is C21H23N3O5. The van der Waals surface area contributed by atoms with Crippen LogP contribution in [0.25, 0.3) is 10.9 Å². The van der Waals surface area contributed by atoms with Gasteiger partial charge in [-0.25, -0.2) is 4.79 Å². The minimum Gasteiger partial charge on any atom is -0.493 e. The maximum atomic E-state index is 12.6. The monoisotopic (exact) mass is 397 g/mol. The number of methoxy groups -OCH3 is 2. The van der Waals surface area contributed by atoms with Crippen molar-refractivity contribution in [2.75, 3.05) is 14.2 Å². The highest BCUT2D eigenvalue weighted by atomic mass is 16.5. The lowest BCUT2D eigenvalue weighted by Gasteiger charge is -2.18. The van der Waals surface area contributed by atoms with Gasteiger partial charge >= 0.3 is 5.69 Å². The SMILES string of the molecule is CC[C@@H](C)Oc1c(OC)cc(C=Nn2c(=O)[nH]c3ccccc3c2=O)cc1OC. The fourth-order valence-electron chi connectivity index (χ4n) is 2.76. The Morgan fingerprint density at radius 2 is 1.79 bits per heavy atom. The second kappa shape index (κ2) is 8.64. The van der Waals surface area contributed by atoms with E-state index in [1.54, 1.807) is 36.4 Å². The zero-order valence-corrected chi connectivity index (χ0v) is 16.8. The molecule has 1 aromatic heterocycles. The number of fused-ring (bicyclic) bond motifs is 1. The van der Waals surface area contributed by atoms with Crippen molar-refractivity contribution in [3.63, 3.8) is 0 Å². The Labute approximate surface area is 167 Å². The summed E-state index contributed by atoms with van der Waals surface area (Å²) in [6, 6.07) is 10.2. The van der Waals surface area contributed by atoms with Gasteiger partial charge in [-0.05, 0) is 37.6 Å². The Balaban J connectivity index is 2.04. The minimum atomic E-state index is -0.624. The van der Waals surface area contributed by atoms with Crippen LogP contribution in [-0.4, -0.2) is 36.2 Å². The molecular weight excluding hydrogens is 374 g/mol. The molecule has 8 nitrogen and oxygen atoms in total. The van der Waals surface area contributed by atoms with Gasteiger partial charge in [0, 0.05) is 5.56 Å². The van der Waals surface area contributed by atoms with Crippen molar-refractivity contribution >= 4 is 17.1 Å². The van der Waals surface area contributed by atoms with E-state index in [1.165, 1.54) is 20.4 Å². The predicted octanol–water partition coefficient (Wildman–Crippen LogP) is 2.77. The molecule has 0 unspecified atom stereocenters. The molecule has 3 aromatic rings. The first-order valence-electron chi connectivity index (χ1n) is 9.19. The third-order valence-electron chi connectivity index (χ3n) is 4.48. The lowest BCUT2D eigenvalue weighted by atomic mass is 10.2. The van der Waals surface area contributed by atoms with Gasteiger partial charge in [0.25, 0.3) is 5.56 Å². The Morgan fingerprint density at radius 1 is 1.14 bits per heavy atom. The molecule has 8 heteroatoms. The Bertz CT molecular complexity index is 1140. The highest BCUT2D eigenvalue weighted by Gasteiger charge is 2.16. The van der Waals surface area contributed by atoms with Crippen LogP contribution in [0.1, 0.15) is 25.8 Å². The van der Waals surface area contributed by atoms with Crippen molar-refractivity contribution in [3.05, 3.63) is 62.8 Å². The molecule has 0 spiro atoms. The predicted molar refractivity (Wildman–Crippen MR) is 112 cm³/mol. The van der Waals surface area contributed by atoms with Crippen molar-refractivity contribution in [2.24, 2.45) is 5.10 Å². The molecule has 152 valence electrons. The normalized spacial score (nSPS) is 12.3. The average Bonchev–Trinajstić information content (AvgIpc) is 2.73. The molecule has 0 saturated carbocycles. The van der Waals surface area contributed by atoms with Crippen molar-refractivity contribution < 1.29 is 14.2 Å². The summed E-state index contributed by atoms with van der Waals surface area (Å²) >= 11 is 0. The minimum absolute atomic E-state index is 0.0212. The molecule has 1 atom stereocenters. The van der Waals surface area contributed by atoms with E-state index in [-0.39, 0.29) is 6.10 Å². The summed E-state index contributed by atoms with van der Waals surface area (Å²) in [6.07, 6.45) is 2.19. The number of aromatic nitrogens is 2. The summed E-state index contributed by atoms with van der Waals surface area (Å²) in [4.78, 5) is 27.5. The molecule has 0 aliphatic rings. The fourth-order valence-corrected chi connectivity index (χ4v) is 2.76. The van der Waals surface area contributed by atoms with Gasteiger partial charge in [-0.3, -0.25) is 4.79 Å². The van der Waals surface area contributed by atoms with E-state index in [0.29, 0.717) is 33.7 Å². The van der Waals surface area contributed by atoms with Crippen LogP contribution < -0.4 is 25.5 Å². The molecule has 0 bridgehead atoms. The molecule has 1 heterocycles. The molecule has 29 heavy (non-hydrogen) atoms. The van der Waals surface area contributed by atoms with Gasteiger partial charge in [0.05, 0.1) is 37.4 Å². The molecule has 3 rings (SSSR count). The molecule has 0 aliphatic carbocycles. The third kappa shape index (κ3) is 4.16. The molecule has 2 aromatic carbocycles. The summed E-state index contributed by atoms with van der Waals surface area (Å²) < 4.78 is 17.5. The van der Waals surface area contributed by atoms with Crippen molar-refractivity contribution in [1.29, 1.82) is 0 Å². The maximum absolute atomic E-state index is 12.6. The van der Waals surface area contributed by atoms with Crippen LogP contribution >= 0.6 is 0 Å². The number of rotatable bonds is 7. The Hall–Kier alpha value is -3.55. The zero-order valence-electron chi connectivity index (χ0n) is 16.8. The van der Waals surface area contributed by atoms with Crippen molar-refractivity contribution in [3.8, 4) is 17.2 Å². The van der Waals surface area contributed by atoms with Gasteiger partial charge in [-0.15, -0.1) is 4.68 Å². The van der Waals surface area contributed by atoms with E-state index in [9.17, 15) is 9.59 Å². The summed E-state index contributed by atoms with van der Waals surface area (Å²) in [7, 11) is 3.05. The molecule has 1 N–H and O–H groups in total. The average molecular weight is 397 g/mol. The summed E-state index contributed by atoms with van der Waals surface area (Å²) in [5.41, 5.74) is -0.0876. The van der Waals surface area contributed by atoms with Crippen LogP contribution in [0.15, 0.2) is 51.1 Å². The van der Waals surface area contributed by atoms with Gasteiger partial charge in [-0.1, -0.05) is 19.1 Å². The second-order valence-corrected chi connectivity index (χ2v) is 6.43. The molecule has 0 fully saturated rings. The van der Waals surface area contributed by atoms with Crippen LogP contribution in [0.5, 0.6) is 17.2 Å². The first kappa shape index (κ1) is 20.2. The Kier molecular flexibility index (Phi) is 6.01. The lowest BCUT2D eigenvalue weighted by Crippen LogP contribution is -2.32. The smallest absolute Gasteiger partial charge is 0.349 e. The summed E-state index contributed by atoms with van der Waals surface area (Å²) in [5.74, 6) is 1.42. The number of ether oxygens (including phenoxy) is 3. The van der Waals surface area contributed by atoms with Gasteiger partial charge in [0.1, 0.15) is 0 Å². The van der Waals surface area contributed by atoms with Crippen molar-refractivity contribution in [2.45, 2.75) is 26.4 Å². The highest BCUT2D eigenvalue weighted by Crippen LogP contribution is 2.39.